The Morgan fingerprint density at radius 2 is 1.67 bits per heavy atom. The number of amides is 3. The number of para-hydroxylation sites is 2. The second-order valence-corrected chi connectivity index (χ2v) is 8.18. The van der Waals surface area contributed by atoms with E-state index >= 15 is 0 Å². The molecular weight excluding hydrogens is 472 g/mol. The number of hydrogen-bond acceptors (Lipinski definition) is 5. The summed E-state index contributed by atoms with van der Waals surface area (Å²) in [5.74, 6) is -3.43. The first-order valence-corrected chi connectivity index (χ1v) is 11.1. The number of carbonyl (C=O) groups is 3. The lowest BCUT2D eigenvalue weighted by Gasteiger charge is -2.27. The maximum atomic E-state index is 13.4. The van der Waals surface area contributed by atoms with Crippen LogP contribution in [0.1, 0.15) is 17.2 Å². The van der Waals surface area contributed by atoms with Crippen LogP contribution >= 0.6 is 0 Å². The summed E-state index contributed by atoms with van der Waals surface area (Å²) in [6.07, 6.45) is -1.34. The van der Waals surface area contributed by atoms with E-state index in [0.717, 1.165) is 12.1 Å². The van der Waals surface area contributed by atoms with Crippen molar-refractivity contribution >= 4 is 23.4 Å². The predicted molar refractivity (Wildman–Crippen MR) is 126 cm³/mol. The Hall–Kier alpha value is -4.31. The minimum absolute atomic E-state index is 0.0561. The van der Waals surface area contributed by atoms with E-state index in [1.807, 2.05) is 0 Å². The number of fused-ring (bicyclic) bond motifs is 1. The summed E-state index contributed by atoms with van der Waals surface area (Å²) in [7, 11) is 0. The molecule has 0 unspecified atom stereocenters. The normalized spacial score (nSPS) is 17.6. The minimum Gasteiger partial charge on any atom is -0.481 e. The molecule has 4 N–H and O–H groups in total. The molecule has 0 bridgehead atoms. The molecule has 10 heteroatoms. The highest BCUT2D eigenvalue weighted by molar-refractivity contribution is 6.00. The van der Waals surface area contributed by atoms with E-state index in [4.69, 9.17) is 4.74 Å². The molecule has 1 aliphatic rings. The van der Waals surface area contributed by atoms with Crippen LogP contribution in [0.2, 0.25) is 0 Å². The van der Waals surface area contributed by atoms with Gasteiger partial charge >= 0.3 is 0 Å². The van der Waals surface area contributed by atoms with Crippen molar-refractivity contribution in [2.24, 2.45) is 0 Å². The van der Waals surface area contributed by atoms with E-state index in [0.29, 0.717) is 23.1 Å². The van der Waals surface area contributed by atoms with E-state index < -0.39 is 60.6 Å². The standard InChI is InChI=1S/C26H23F2N3O5/c27-17-10-15(11-18(28)13-17)12-22(33)29-20(14-32)25(34)31-23-24(16-6-2-1-3-7-16)36-21-9-5-4-8-19(21)30-26(23)35/h1-11,13,20,23-24,32H,12,14H2,(H,29,33)(H,30,35)(H,31,34)/t20-,23-,24+/m0/s1. The number of rotatable bonds is 7. The molecule has 0 aliphatic carbocycles. The molecule has 0 saturated heterocycles. The SMILES string of the molecule is O=C(Cc1cc(F)cc(F)c1)N[C@@H](CO)C(=O)N[C@@H]1C(=O)Nc2ccccc2O[C@@H]1c1ccccc1. The Bertz CT molecular complexity index is 1250. The van der Waals surface area contributed by atoms with Crippen LogP contribution in [0.15, 0.2) is 72.8 Å². The van der Waals surface area contributed by atoms with Gasteiger partial charge in [0.15, 0.2) is 6.10 Å². The topological polar surface area (TPSA) is 117 Å². The van der Waals surface area contributed by atoms with Crippen molar-refractivity contribution in [3.05, 3.63) is 95.6 Å². The van der Waals surface area contributed by atoms with Crippen LogP contribution in [-0.2, 0) is 20.8 Å². The van der Waals surface area contributed by atoms with E-state index in [1.54, 1.807) is 54.6 Å². The molecule has 3 aromatic rings. The average Bonchev–Trinajstić information content (AvgIpc) is 2.98. The first-order valence-electron chi connectivity index (χ1n) is 11.1. The lowest BCUT2D eigenvalue weighted by Crippen LogP contribution is -2.56. The maximum absolute atomic E-state index is 13.4. The van der Waals surface area contributed by atoms with Gasteiger partial charge in [-0.25, -0.2) is 8.78 Å². The Labute approximate surface area is 205 Å². The summed E-state index contributed by atoms with van der Waals surface area (Å²) >= 11 is 0. The first-order chi connectivity index (χ1) is 17.3. The molecule has 1 aliphatic heterocycles. The zero-order chi connectivity index (χ0) is 25.7. The Morgan fingerprint density at radius 3 is 2.36 bits per heavy atom. The third kappa shape index (κ3) is 5.84. The van der Waals surface area contributed by atoms with Crippen LogP contribution in [-0.4, -0.2) is 41.5 Å². The van der Waals surface area contributed by atoms with E-state index in [1.165, 1.54) is 0 Å². The van der Waals surface area contributed by atoms with Gasteiger partial charge in [0.2, 0.25) is 11.8 Å². The Kier molecular flexibility index (Phi) is 7.55. The van der Waals surface area contributed by atoms with Crippen LogP contribution in [0.4, 0.5) is 14.5 Å². The summed E-state index contributed by atoms with van der Waals surface area (Å²) < 4.78 is 32.9. The monoisotopic (exact) mass is 495 g/mol. The van der Waals surface area contributed by atoms with Gasteiger partial charge in [-0.3, -0.25) is 14.4 Å². The molecule has 3 aromatic carbocycles. The summed E-state index contributed by atoms with van der Waals surface area (Å²) in [5.41, 5.74) is 1.10. The fourth-order valence-corrected chi connectivity index (χ4v) is 3.86. The smallest absolute Gasteiger partial charge is 0.251 e. The second kappa shape index (κ2) is 11.0. The molecule has 0 radical (unpaired) electrons. The molecule has 0 fully saturated rings. The number of aliphatic hydroxyl groups excluding tert-OH is 1. The molecule has 4 rings (SSSR count). The molecule has 0 saturated carbocycles. The minimum atomic E-state index is -1.43. The highest BCUT2D eigenvalue weighted by Gasteiger charge is 2.37. The van der Waals surface area contributed by atoms with Crippen molar-refractivity contribution in [1.29, 1.82) is 0 Å². The molecule has 8 nitrogen and oxygen atoms in total. The number of ether oxygens (including phenoxy) is 1. The molecule has 0 spiro atoms. The highest BCUT2D eigenvalue weighted by atomic mass is 19.1. The summed E-state index contributed by atoms with van der Waals surface area (Å²) in [4.78, 5) is 38.5. The van der Waals surface area contributed by atoms with Gasteiger partial charge in [-0.15, -0.1) is 0 Å². The van der Waals surface area contributed by atoms with Crippen molar-refractivity contribution in [3.63, 3.8) is 0 Å². The second-order valence-electron chi connectivity index (χ2n) is 8.18. The quantitative estimate of drug-likeness (QED) is 0.401. The van der Waals surface area contributed by atoms with Crippen LogP contribution < -0.4 is 20.7 Å². The van der Waals surface area contributed by atoms with Crippen LogP contribution in [0.25, 0.3) is 0 Å². The maximum Gasteiger partial charge on any atom is 0.251 e. The summed E-state index contributed by atoms with van der Waals surface area (Å²) in [5, 5.41) is 17.4. The first kappa shape index (κ1) is 24.8. The molecular formula is C26H23F2N3O5. The zero-order valence-electron chi connectivity index (χ0n) is 18.9. The van der Waals surface area contributed by atoms with Crippen LogP contribution in [0.5, 0.6) is 5.75 Å². The Morgan fingerprint density at radius 1 is 1.00 bits per heavy atom. The lowest BCUT2D eigenvalue weighted by atomic mass is 10.0. The predicted octanol–water partition coefficient (Wildman–Crippen LogP) is 2.24. The molecule has 3 amide bonds. The van der Waals surface area contributed by atoms with Crippen LogP contribution in [0.3, 0.4) is 0 Å². The third-order valence-electron chi connectivity index (χ3n) is 5.53. The van der Waals surface area contributed by atoms with Gasteiger partial charge in [-0.05, 0) is 35.4 Å². The zero-order valence-corrected chi connectivity index (χ0v) is 18.9. The third-order valence-corrected chi connectivity index (χ3v) is 5.53. The molecule has 1 heterocycles. The number of carbonyl (C=O) groups excluding carboxylic acids is 3. The molecule has 0 aromatic heterocycles. The van der Waals surface area contributed by atoms with E-state index in [9.17, 15) is 28.3 Å². The molecule has 36 heavy (non-hydrogen) atoms. The number of aliphatic hydroxyl groups is 1. The van der Waals surface area contributed by atoms with Gasteiger partial charge < -0.3 is 25.8 Å². The van der Waals surface area contributed by atoms with Crippen molar-refractivity contribution in [2.45, 2.75) is 24.6 Å². The average molecular weight is 495 g/mol. The largest absolute Gasteiger partial charge is 0.481 e. The van der Waals surface area contributed by atoms with Gasteiger partial charge in [0, 0.05) is 6.07 Å². The number of anilines is 1. The number of nitrogens with one attached hydrogen (secondary N) is 3. The van der Waals surface area contributed by atoms with Crippen molar-refractivity contribution < 1.29 is 33.0 Å². The van der Waals surface area contributed by atoms with E-state index in [-0.39, 0.29) is 5.56 Å². The van der Waals surface area contributed by atoms with Crippen molar-refractivity contribution in [1.82, 2.24) is 10.6 Å². The number of hydrogen-bond donors (Lipinski definition) is 4. The van der Waals surface area contributed by atoms with Gasteiger partial charge in [0.1, 0.15) is 29.5 Å². The number of halogens is 2. The van der Waals surface area contributed by atoms with Gasteiger partial charge in [0.05, 0.1) is 18.7 Å². The fourth-order valence-electron chi connectivity index (χ4n) is 3.86. The molecule has 186 valence electrons. The summed E-state index contributed by atoms with van der Waals surface area (Å²) in [6, 6.07) is 15.6. The highest BCUT2D eigenvalue weighted by Crippen LogP contribution is 2.34. The van der Waals surface area contributed by atoms with E-state index in [2.05, 4.69) is 16.0 Å². The molecule has 3 atom stereocenters. The lowest BCUT2D eigenvalue weighted by molar-refractivity contribution is -0.132. The number of benzene rings is 3. The Balaban J connectivity index is 1.51. The van der Waals surface area contributed by atoms with Gasteiger partial charge in [-0.2, -0.15) is 0 Å². The van der Waals surface area contributed by atoms with Gasteiger partial charge in [0.25, 0.3) is 5.91 Å². The van der Waals surface area contributed by atoms with Crippen molar-refractivity contribution in [2.75, 3.05) is 11.9 Å². The summed E-state index contributed by atoms with van der Waals surface area (Å²) in [6.45, 7) is -0.777. The van der Waals surface area contributed by atoms with Crippen LogP contribution in [0, 0.1) is 11.6 Å². The van der Waals surface area contributed by atoms with Crippen molar-refractivity contribution in [3.8, 4) is 5.75 Å². The fraction of sp³-hybridized carbons (Fsp3) is 0.192. The van der Waals surface area contributed by atoms with Gasteiger partial charge in [-0.1, -0.05) is 42.5 Å².